The van der Waals surface area contributed by atoms with Crippen LogP contribution in [0.1, 0.15) is 5.82 Å². The largest absolute Gasteiger partial charge is 0.242 e. The van der Waals surface area contributed by atoms with E-state index in [-0.39, 0.29) is 21.2 Å². The highest BCUT2D eigenvalue weighted by Gasteiger charge is 2.08. The standard InChI is InChI=1S/C5H2Cl3FN2/c6-3-4(7)10-2(1-9)11-5(3)8/h1H2. The maximum atomic E-state index is 11.9. The second-order valence-electron chi connectivity index (χ2n) is 1.67. The zero-order chi connectivity index (χ0) is 8.43. The van der Waals surface area contributed by atoms with E-state index in [9.17, 15) is 4.39 Å². The Kier molecular flexibility index (Phi) is 2.87. The fourth-order valence-corrected chi connectivity index (χ4v) is 1.00. The molecule has 60 valence electrons. The van der Waals surface area contributed by atoms with E-state index in [0.717, 1.165) is 0 Å². The average molecular weight is 215 g/mol. The van der Waals surface area contributed by atoms with Gasteiger partial charge in [-0.15, -0.1) is 0 Å². The van der Waals surface area contributed by atoms with Crippen molar-refractivity contribution in [2.75, 3.05) is 0 Å². The molecule has 0 fully saturated rings. The third kappa shape index (κ3) is 1.92. The Morgan fingerprint density at radius 2 is 1.55 bits per heavy atom. The second-order valence-corrected chi connectivity index (χ2v) is 2.76. The normalized spacial score (nSPS) is 10.2. The Morgan fingerprint density at radius 3 is 1.91 bits per heavy atom. The molecule has 0 unspecified atom stereocenters. The molecule has 0 amide bonds. The first-order valence-electron chi connectivity index (χ1n) is 2.58. The van der Waals surface area contributed by atoms with Crippen molar-refractivity contribution in [1.82, 2.24) is 9.97 Å². The Bertz CT molecular complexity index is 255. The fourth-order valence-electron chi connectivity index (χ4n) is 0.495. The summed E-state index contributed by atoms with van der Waals surface area (Å²) in [6, 6.07) is 0. The molecule has 0 spiro atoms. The summed E-state index contributed by atoms with van der Waals surface area (Å²) >= 11 is 16.4. The molecular weight excluding hydrogens is 213 g/mol. The van der Waals surface area contributed by atoms with E-state index in [1.165, 1.54) is 0 Å². The molecule has 0 saturated heterocycles. The van der Waals surface area contributed by atoms with Crippen LogP contribution < -0.4 is 0 Å². The van der Waals surface area contributed by atoms with E-state index in [0.29, 0.717) is 0 Å². The molecule has 1 aromatic rings. The quantitative estimate of drug-likeness (QED) is 0.673. The first-order valence-corrected chi connectivity index (χ1v) is 3.72. The summed E-state index contributed by atoms with van der Waals surface area (Å²) in [6.07, 6.45) is 0. The van der Waals surface area contributed by atoms with E-state index in [4.69, 9.17) is 34.8 Å². The summed E-state index contributed by atoms with van der Waals surface area (Å²) in [4.78, 5) is 7.03. The van der Waals surface area contributed by atoms with Crippen LogP contribution in [0, 0.1) is 0 Å². The summed E-state index contributed by atoms with van der Waals surface area (Å²) < 4.78 is 11.9. The van der Waals surface area contributed by atoms with Gasteiger partial charge in [0.2, 0.25) is 0 Å². The van der Waals surface area contributed by atoms with E-state index < -0.39 is 6.67 Å². The van der Waals surface area contributed by atoms with Gasteiger partial charge in [-0.05, 0) is 0 Å². The molecule has 6 heteroatoms. The number of alkyl halides is 1. The van der Waals surface area contributed by atoms with Gasteiger partial charge in [0, 0.05) is 0 Å². The lowest BCUT2D eigenvalue weighted by molar-refractivity contribution is 0.465. The Balaban J connectivity index is 3.21. The first kappa shape index (κ1) is 8.97. The van der Waals surface area contributed by atoms with Crippen molar-refractivity contribution in [3.63, 3.8) is 0 Å². The van der Waals surface area contributed by atoms with Gasteiger partial charge >= 0.3 is 0 Å². The number of rotatable bonds is 1. The molecule has 0 aliphatic carbocycles. The van der Waals surface area contributed by atoms with Gasteiger partial charge in [-0.1, -0.05) is 34.8 Å². The minimum absolute atomic E-state index is 0.0284. The van der Waals surface area contributed by atoms with Gasteiger partial charge in [-0.3, -0.25) is 0 Å². The van der Waals surface area contributed by atoms with Gasteiger partial charge in [-0.25, -0.2) is 14.4 Å². The van der Waals surface area contributed by atoms with Crippen LogP contribution in [0.3, 0.4) is 0 Å². The van der Waals surface area contributed by atoms with Crippen molar-refractivity contribution in [1.29, 1.82) is 0 Å². The van der Waals surface area contributed by atoms with Crippen LogP contribution in [0.4, 0.5) is 4.39 Å². The van der Waals surface area contributed by atoms with Crippen LogP contribution in [0.15, 0.2) is 0 Å². The summed E-state index contributed by atoms with van der Waals surface area (Å²) in [5.41, 5.74) is 0. The van der Waals surface area contributed by atoms with Gasteiger partial charge in [0.15, 0.2) is 16.1 Å². The van der Waals surface area contributed by atoms with Crippen LogP contribution in [-0.2, 0) is 6.67 Å². The highest BCUT2D eigenvalue weighted by molar-refractivity contribution is 6.46. The van der Waals surface area contributed by atoms with E-state index in [1.807, 2.05) is 0 Å². The number of hydrogen-bond donors (Lipinski definition) is 0. The predicted molar refractivity (Wildman–Crippen MR) is 41.9 cm³/mol. The molecule has 11 heavy (non-hydrogen) atoms. The van der Waals surface area contributed by atoms with Crippen molar-refractivity contribution in [2.24, 2.45) is 0 Å². The van der Waals surface area contributed by atoms with Crippen molar-refractivity contribution < 1.29 is 4.39 Å². The monoisotopic (exact) mass is 214 g/mol. The minimum atomic E-state index is -0.809. The van der Waals surface area contributed by atoms with E-state index in [1.54, 1.807) is 0 Å². The lowest BCUT2D eigenvalue weighted by Gasteiger charge is -1.98. The van der Waals surface area contributed by atoms with Gasteiger partial charge in [0.1, 0.15) is 11.7 Å². The molecule has 1 aromatic heterocycles. The summed E-state index contributed by atoms with van der Waals surface area (Å²) in [5.74, 6) is -0.0654. The molecule has 0 N–H and O–H groups in total. The van der Waals surface area contributed by atoms with Gasteiger partial charge < -0.3 is 0 Å². The van der Waals surface area contributed by atoms with Crippen molar-refractivity contribution in [2.45, 2.75) is 6.67 Å². The number of aromatic nitrogens is 2. The molecule has 0 aromatic carbocycles. The third-order valence-electron chi connectivity index (χ3n) is 0.936. The highest BCUT2D eigenvalue weighted by atomic mass is 35.5. The maximum absolute atomic E-state index is 11.9. The maximum Gasteiger partial charge on any atom is 0.162 e. The smallest absolute Gasteiger partial charge is 0.162 e. The fraction of sp³-hybridized carbons (Fsp3) is 0.200. The van der Waals surface area contributed by atoms with Crippen LogP contribution in [0.5, 0.6) is 0 Å². The SMILES string of the molecule is FCc1nc(Cl)c(Cl)c(Cl)n1. The minimum Gasteiger partial charge on any atom is -0.242 e. The Hall–Kier alpha value is -0.120. The van der Waals surface area contributed by atoms with Gasteiger partial charge in [0.05, 0.1) is 0 Å². The Morgan fingerprint density at radius 1 is 1.09 bits per heavy atom. The van der Waals surface area contributed by atoms with Gasteiger partial charge in [0.25, 0.3) is 0 Å². The molecule has 1 heterocycles. The molecule has 0 atom stereocenters. The lowest BCUT2D eigenvalue weighted by atomic mass is 10.6. The third-order valence-corrected chi connectivity index (χ3v) is 2.03. The zero-order valence-electron chi connectivity index (χ0n) is 5.11. The number of halogens is 4. The zero-order valence-corrected chi connectivity index (χ0v) is 7.38. The average Bonchev–Trinajstić information content (AvgIpc) is 1.99. The second kappa shape index (κ2) is 3.52. The molecule has 0 aliphatic heterocycles. The first-order chi connectivity index (χ1) is 5.15. The molecule has 1 rings (SSSR count). The van der Waals surface area contributed by atoms with Crippen molar-refractivity contribution in [3.05, 3.63) is 21.2 Å². The van der Waals surface area contributed by atoms with E-state index >= 15 is 0 Å². The molecule has 0 radical (unpaired) electrons. The lowest BCUT2D eigenvalue weighted by Crippen LogP contribution is -1.93. The topological polar surface area (TPSA) is 25.8 Å². The summed E-state index contributed by atoms with van der Waals surface area (Å²) in [6.45, 7) is -0.809. The van der Waals surface area contributed by atoms with E-state index in [2.05, 4.69) is 9.97 Å². The molecule has 0 bridgehead atoms. The molecule has 0 aliphatic rings. The summed E-state index contributed by atoms with van der Waals surface area (Å²) in [7, 11) is 0. The van der Waals surface area contributed by atoms with Crippen LogP contribution in [0.25, 0.3) is 0 Å². The summed E-state index contributed by atoms with van der Waals surface area (Å²) in [5, 5.41) is -0.0100. The highest BCUT2D eigenvalue weighted by Crippen LogP contribution is 2.26. The molecule has 0 saturated carbocycles. The van der Waals surface area contributed by atoms with Crippen LogP contribution in [-0.4, -0.2) is 9.97 Å². The van der Waals surface area contributed by atoms with Crippen molar-refractivity contribution >= 4 is 34.8 Å². The van der Waals surface area contributed by atoms with Crippen molar-refractivity contribution in [3.8, 4) is 0 Å². The number of hydrogen-bond acceptors (Lipinski definition) is 2. The predicted octanol–water partition coefficient (Wildman–Crippen LogP) is 2.91. The Labute approximate surface area is 77.3 Å². The molecular formula is C5H2Cl3FN2. The van der Waals surface area contributed by atoms with Crippen LogP contribution in [0.2, 0.25) is 15.3 Å². The van der Waals surface area contributed by atoms with Gasteiger partial charge in [-0.2, -0.15) is 0 Å². The number of nitrogens with zero attached hydrogens (tertiary/aromatic N) is 2. The van der Waals surface area contributed by atoms with Crippen LogP contribution >= 0.6 is 34.8 Å². The molecule has 2 nitrogen and oxygen atoms in total.